The van der Waals surface area contributed by atoms with Crippen LogP contribution in [0.25, 0.3) is 21.9 Å². The number of ether oxygens (including phenoxy) is 3. The van der Waals surface area contributed by atoms with Crippen molar-refractivity contribution in [2.24, 2.45) is 7.05 Å². The Morgan fingerprint density at radius 2 is 1.61 bits per heavy atom. The van der Waals surface area contributed by atoms with Gasteiger partial charge in [0, 0.05) is 56.8 Å². The molecule has 0 saturated carbocycles. The van der Waals surface area contributed by atoms with Gasteiger partial charge in [-0.1, -0.05) is 0 Å². The average Bonchev–Trinajstić information content (AvgIpc) is 3.44. The largest absolute Gasteiger partial charge is 0.496 e. The van der Waals surface area contributed by atoms with Crippen LogP contribution < -0.4 is 25.1 Å². The van der Waals surface area contributed by atoms with Crippen molar-refractivity contribution in [3.8, 4) is 28.4 Å². The van der Waals surface area contributed by atoms with Crippen molar-refractivity contribution >= 4 is 40.9 Å². The minimum absolute atomic E-state index is 0.0696. The van der Waals surface area contributed by atoms with Crippen LogP contribution in [0, 0.1) is 0 Å². The maximum absolute atomic E-state index is 13.2. The second-order valence-electron chi connectivity index (χ2n) is 13.8. The zero-order chi connectivity index (χ0) is 40.1. The van der Waals surface area contributed by atoms with E-state index in [1.165, 1.54) is 0 Å². The number of aryl methyl sites for hydroxylation is 1. The van der Waals surface area contributed by atoms with Crippen LogP contribution in [0.1, 0.15) is 52.0 Å². The fourth-order valence-corrected chi connectivity index (χ4v) is 7.63. The standard InChI is InChI=1S/C39H42N6O8.CH2O2/c1-42(22-31-33(51-3)17-23(18-34(31)52-4)30-21-43(2)37(48)29-20-40-12-9-26(29)30)24-10-13-44(14-11-24)15-16-53-25-5-6-27-28(19-25)39(50)45(38(27)49)32-7-8-35(46)41-36(32)47;2-1-3/h5-6,9,12,17-21,24,32H,7-8,10-11,13-16,22H2,1-4H3,(H,41,46,47);1H,(H,2,3). The van der Waals surface area contributed by atoms with E-state index >= 15 is 0 Å². The van der Waals surface area contributed by atoms with E-state index in [0.29, 0.717) is 48.4 Å². The summed E-state index contributed by atoms with van der Waals surface area (Å²) in [4.78, 5) is 81.0. The van der Waals surface area contributed by atoms with Gasteiger partial charge in [0.2, 0.25) is 11.8 Å². The molecule has 2 saturated heterocycles. The summed E-state index contributed by atoms with van der Waals surface area (Å²) < 4.78 is 19.4. The molecule has 2 aromatic carbocycles. The third-order valence-corrected chi connectivity index (χ3v) is 10.6. The highest BCUT2D eigenvalue weighted by Gasteiger charge is 2.44. The zero-order valence-electron chi connectivity index (χ0n) is 31.6. The minimum Gasteiger partial charge on any atom is -0.496 e. The molecule has 16 heteroatoms. The van der Waals surface area contributed by atoms with Gasteiger partial charge in [-0.3, -0.25) is 53.8 Å². The van der Waals surface area contributed by atoms with Crippen LogP contribution in [0.5, 0.6) is 17.2 Å². The van der Waals surface area contributed by atoms with E-state index in [9.17, 15) is 24.0 Å². The van der Waals surface area contributed by atoms with E-state index in [2.05, 4.69) is 27.1 Å². The Morgan fingerprint density at radius 3 is 2.27 bits per heavy atom. The highest BCUT2D eigenvalue weighted by molar-refractivity contribution is 6.23. The highest BCUT2D eigenvalue weighted by Crippen LogP contribution is 2.38. The fourth-order valence-electron chi connectivity index (χ4n) is 7.63. The summed E-state index contributed by atoms with van der Waals surface area (Å²) in [6.07, 6.45) is 7.21. The number of carboxylic acid groups (broad SMARTS) is 1. The number of nitrogens with one attached hydrogen (secondary N) is 1. The van der Waals surface area contributed by atoms with Gasteiger partial charge in [-0.05, 0) is 86.7 Å². The van der Waals surface area contributed by atoms with Crippen molar-refractivity contribution in [3.63, 3.8) is 0 Å². The lowest BCUT2D eigenvalue weighted by Gasteiger charge is -2.37. The number of benzene rings is 2. The number of piperidine rings is 2. The van der Waals surface area contributed by atoms with Gasteiger partial charge >= 0.3 is 0 Å². The summed E-state index contributed by atoms with van der Waals surface area (Å²) in [5.74, 6) is -0.261. The summed E-state index contributed by atoms with van der Waals surface area (Å²) in [5, 5.41) is 10.5. The predicted molar refractivity (Wildman–Crippen MR) is 204 cm³/mol. The SMILES string of the molecule is COc1cc(-c2cn(C)c(=O)c3cnccc23)cc(OC)c1CN(C)C1CCN(CCOc2ccc3c(c2)C(=O)N(C2CCC(=O)NC2=O)C3=O)CC1.O=CO. The van der Waals surface area contributed by atoms with Crippen LogP contribution in [0.4, 0.5) is 0 Å². The maximum Gasteiger partial charge on any atom is 0.290 e. The first kappa shape index (κ1) is 39.6. The summed E-state index contributed by atoms with van der Waals surface area (Å²) in [7, 11) is 7.16. The molecule has 2 N–H and O–H groups in total. The van der Waals surface area contributed by atoms with E-state index in [1.807, 2.05) is 24.4 Å². The van der Waals surface area contributed by atoms with Crippen LogP contribution in [0.15, 0.2) is 59.8 Å². The van der Waals surface area contributed by atoms with Crippen LogP contribution >= 0.6 is 0 Å². The lowest BCUT2D eigenvalue weighted by molar-refractivity contribution is -0.136. The van der Waals surface area contributed by atoms with Gasteiger partial charge in [0.25, 0.3) is 23.8 Å². The van der Waals surface area contributed by atoms with Crippen LogP contribution in [0.3, 0.4) is 0 Å². The lowest BCUT2D eigenvalue weighted by Crippen LogP contribution is -2.54. The molecule has 3 aliphatic rings. The Balaban J connectivity index is 0.00000172. The second-order valence-corrected chi connectivity index (χ2v) is 13.8. The number of imide groups is 2. The number of amides is 4. The van der Waals surface area contributed by atoms with Gasteiger partial charge in [-0.25, -0.2) is 0 Å². The van der Waals surface area contributed by atoms with E-state index in [0.717, 1.165) is 52.9 Å². The van der Waals surface area contributed by atoms with E-state index in [4.69, 9.17) is 24.1 Å². The van der Waals surface area contributed by atoms with E-state index in [-0.39, 0.29) is 36.0 Å². The molecule has 294 valence electrons. The minimum atomic E-state index is -1.01. The fraction of sp³-hybridized carbons (Fsp3) is 0.375. The number of methoxy groups -OCH3 is 2. The highest BCUT2D eigenvalue weighted by atomic mass is 16.5. The van der Waals surface area contributed by atoms with Crippen LogP contribution in [0.2, 0.25) is 0 Å². The zero-order valence-corrected chi connectivity index (χ0v) is 31.6. The van der Waals surface area contributed by atoms with Crippen molar-refractivity contribution in [1.29, 1.82) is 0 Å². The van der Waals surface area contributed by atoms with E-state index in [1.54, 1.807) is 56.4 Å². The number of nitrogens with zero attached hydrogens (tertiary/aromatic N) is 5. The number of hydrogen-bond acceptors (Lipinski definition) is 12. The lowest BCUT2D eigenvalue weighted by atomic mass is 9.98. The van der Waals surface area contributed by atoms with Gasteiger partial charge in [-0.2, -0.15) is 0 Å². The molecule has 2 aromatic heterocycles. The Labute approximate surface area is 322 Å². The number of rotatable bonds is 11. The van der Waals surface area contributed by atoms with Crippen LogP contribution in [-0.4, -0.2) is 119 Å². The molecule has 5 heterocycles. The normalized spacial score (nSPS) is 17.4. The van der Waals surface area contributed by atoms with Crippen molar-refractivity contribution < 1.29 is 43.3 Å². The monoisotopic (exact) mass is 768 g/mol. The van der Waals surface area contributed by atoms with Gasteiger partial charge in [0.15, 0.2) is 0 Å². The number of carbonyl (C=O) groups is 5. The van der Waals surface area contributed by atoms with Crippen LogP contribution in [-0.2, 0) is 28.0 Å². The number of carbonyl (C=O) groups excluding carboxylic acids is 4. The van der Waals surface area contributed by atoms with Gasteiger partial charge in [0.05, 0.1) is 36.3 Å². The summed E-state index contributed by atoms with van der Waals surface area (Å²) >= 11 is 0. The third kappa shape index (κ3) is 7.97. The first-order chi connectivity index (χ1) is 27.0. The molecule has 56 heavy (non-hydrogen) atoms. The number of likely N-dealkylation sites (tertiary alicyclic amines) is 1. The molecular formula is C40H44N6O10. The van der Waals surface area contributed by atoms with Crippen molar-refractivity contribution in [2.75, 3.05) is 47.5 Å². The molecule has 0 spiro atoms. The number of aromatic nitrogens is 2. The molecule has 7 rings (SSSR count). The smallest absolute Gasteiger partial charge is 0.290 e. The molecule has 3 aliphatic heterocycles. The molecule has 0 bridgehead atoms. The molecule has 4 aromatic rings. The molecule has 0 aliphatic carbocycles. The predicted octanol–water partition coefficient (Wildman–Crippen LogP) is 2.69. The molecule has 4 amide bonds. The average molecular weight is 769 g/mol. The molecule has 1 unspecified atom stereocenters. The Kier molecular flexibility index (Phi) is 12.1. The summed E-state index contributed by atoms with van der Waals surface area (Å²) in [6, 6.07) is 9.95. The van der Waals surface area contributed by atoms with E-state index < -0.39 is 29.7 Å². The number of fused-ring (bicyclic) bond motifs is 2. The van der Waals surface area contributed by atoms with Crippen molar-refractivity contribution in [3.05, 3.63) is 82.0 Å². The first-order valence-corrected chi connectivity index (χ1v) is 18.2. The second kappa shape index (κ2) is 17.1. The maximum atomic E-state index is 13.2. The Bertz CT molecular complexity index is 2210. The molecule has 16 nitrogen and oxygen atoms in total. The molecular weight excluding hydrogens is 724 g/mol. The number of pyridine rings is 2. The third-order valence-electron chi connectivity index (χ3n) is 10.6. The van der Waals surface area contributed by atoms with Crippen molar-refractivity contribution in [1.82, 2.24) is 29.6 Å². The Hall–Kier alpha value is -6.13. The number of hydrogen-bond donors (Lipinski definition) is 2. The topological polar surface area (TPSA) is 190 Å². The molecule has 1 atom stereocenters. The van der Waals surface area contributed by atoms with Crippen molar-refractivity contribution in [2.45, 2.75) is 44.3 Å². The summed E-state index contributed by atoms with van der Waals surface area (Å²) in [6.45, 7) is 3.25. The van der Waals surface area contributed by atoms with Gasteiger partial charge < -0.3 is 23.9 Å². The molecule has 0 radical (unpaired) electrons. The quantitative estimate of drug-likeness (QED) is 0.168. The first-order valence-electron chi connectivity index (χ1n) is 18.2. The Morgan fingerprint density at radius 1 is 0.929 bits per heavy atom. The van der Waals surface area contributed by atoms with Gasteiger partial charge in [-0.15, -0.1) is 0 Å². The molecule has 2 fully saturated rings. The summed E-state index contributed by atoms with van der Waals surface area (Å²) in [5.41, 5.74) is 3.02. The van der Waals surface area contributed by atoms with Gasteiger partial charge in [0.1, 0.15) is 29.9 Å².